The van der Waals surface area contributed by atoms with Gasteiger partial charge < -0.3 is 5.32 Å². The Kier molecular flexibility index (Phi) is 4.00. The molecule has 7 heteroatoms. The Labute approximate surface area is 140 Å². The summed E-state index contributed by atoms with van der Waals surface area (Å²) < 4.78 is 3.95. The molecule has 123 valence electrons. The average molecular weight is 322 g/mol. The van der Waals surface area contributed by atoms with Crippen LogP contribution in [-0.4, -0.2) is 37.4 Å². The molecule has 0 aromatic carbocycles. The number of nitrogens with zero attached hydrogens (tertiary/aromatic N) is 6. The van der Waals surface area contributed by atoms with Crippen LogP contribution in [0.5, 0.6) is 0 Å². The van der Waals surface area contributed by atoms with Crippen molar-refractivity contribution in [2.75, 3.05) is 13.1 Å². The molecule has 0 fully saturated rings. The highest BCUT2D eigenvalue weighted by atomic mass is 15.3. The van der Waals surface area contributed by atoms with Crippen LogP contribution in [0.1, 0.15) is 11.4 Å². The van der Waals surface area contributed by atoms with E-state index in [1.165, 1.54) is 5.56 Å². The van der Waals surface area contributed by atoms with Gasteiger partial charge in [0.05, 0.1) is 6.20 Å². The van der Waals surface area contributed by atoms with Gasteiger partial charge in [0.15, 0.2) is 0 Å². The van der Waals surface area contributed by atoms with Crippen molar-refractivity contribution >= 4 is 5.82 Å². The molecule has 1 unspecified atom stereocenters. The van der Waals surface area contributed by atoms with Crippen LogP contribution in [0.15, 0.2) is 43.0 Å². The minimum absolute atomic E-state index is 0.484. The van der Waals surface area contributed by atoms with Gasteiger partial charge in [-0.1, -0.05) is 6.07 Å². The number of hydrogen-bond donors (Lipinski definition) is 1. The van der Waals surface area contributed by atoms with Crippen LogP contribution in [0.25, 0.3) is 5.82 Å². The molecule has 1 aliphatic heterocycles. The van der Waals surface area contributed by atoms with Gasteiger partial charge >= 0.3 is 0 Å². The molecule has 1 aliphatic rings. The number of aryl methyl sites for hydroxylation is 1. The summed E-state index contributed by atoms with van der Waals surface area (Å²) in [5.41, 5.74) is 1.17. The minimum Gasteiger partial charge on any atom is -0.312 e. The Morgan fingerprint density at radius 2 is 2.17 bits per heavy atom. The molecular formula is C17H20N7. The standard InChI is InChI=1S/C17H20N7/c1-13-19-6-7-23(13)16-3-2-14(10-20-16)8-18-9-15-11-21-17-4-5-22-24(17)12-15/h2-7,10,15,18H,8-9,11-12H2,1H3. The van der Waals surface area contributed by atoms with Crippen LogP contribution in [0, 0.1) is 12.8 Å². The molecule has 3 aromatic rings. The first-order valence-electron chi connectivity index (χ1n) is 8.15. The third-order valence-corrected chi connectivity index (χ3v) is 4.28. The second-order valence-electron chi connectivity index (χ2n) is 6.08. The lowest BCUT2D eigenvalue weighted by atomic mass is 10.1. The molecule has 0 spiro atoms. The molecule has 0 saturated carbocycles. The van der Waals surface area contributed by atoms with E-state index < -0.39 is 0 Å². The molecule has 7 nitrogen and oxygen atoms in total. The van der Waals surface area contributed by atoms with Gasteiger partial charge in [-0.15, -0.1) is 0 Å². The summed E-state index contributed by atoms with van der Waals surface area (Å²) in [5, 5.41) is 12.3. The maximum Gasteiger partial charge on any atom is 0.145 e. The number of pyridine rings is 1. The summed E-state index contributed by atoms with van der Waals surface area (Å²) in [6.07, 6.45) is 7.43. The molecule has 0 amide bonds. The monoisotopic (exact) mass is 322 g/mol. The first-order chi connectivity index (χ1) is 11.8. The van der Waals surface area contributed by atoms with Gasteiger partial charge in [-0.25, -0.2) is 14.6 Å². The van der Waals surface area contributed by atoms with E-state index in [0.717, 1.165) is 43.6 Å². The summed E-state index contributed by atoms with van der Waals surface area (Å²) in [4.78, 5) is 8.74. The van der Waals surface area contributed by atoms with Crippen molar-refractivity contribution in [2.24, 2.45) is 5.92 Å². The molecule has 4 rings (SSSR count). The Morgan fingerprint density at radius 3 is 2.96 bits per heavy atom. The molecule has 0 aliphatic carbocycles. The van der Waals surface area contributed by atoms with E-state index >= 15 is 0 Å². The zero-order chi connectivity index (χ0) is 16.4. The lowest BCUT2D eigenvalue weighted by Crippen LogP contribution is -2.34. The van der Waals surface area contributed by atoms with Gasteiger partial charge in [-0.3, -0.25) is 9.88 Å². The average Bonchev–Trinajstić information content (AvgIpc) is 3.24. The predicted octanol–water partition coefficient (Wildman–Crippen LogP) is 1.43. The molecule has 0 saturated heterocycles. The topological polar surface area (TPSA) is 74.7 Å². The quantitative estimate of drug-likeness (QED) is 0.771. The number of hydrogen-bond acceptors (Lipinski definition) is 4. The fraction of sp³-hybridized carbons (Fsp3) is 0.353. The van der Waals surface area contributed by atoms with Crippen LogP contribution in [0.3, 0.4) is 0 Å². The van der Waals surface area contributed by atoms with E-state index in [9.17, 15) is 0 Å². The Bertz CT molecular complexity index is 802. The molecule has 1 radical (unpaired) electrons. The lowest BCUT2D eigenvalue weighted by Gasteiger charge is -2.23. The SMILES string of the molecule is Cc1nccn1-c1ccc(CNCC2C[N]c3ccnn3C2)cn1. The van der Waals surface area contributed by atoms with E-state index in [-0.39, 0.29) is 0 Å². The molecule has 0 bridgehead atoms. The fourth-order valence-electron chi connectivity index (χ4n) is 2.96. The maximum atomic E-state index is 4.55. The molecule has 3 aromatic heterocycles. The molecule has 1 atom stereocenters. The van der Waals surface area contributed by atoms with Crippen LogP contribution in [0.4, 0.5) is 5.82 Å². The maximum absolute atomic E-state index is 4.55. The summed E-state index contributed by atoms with van der Waals surface area (Å²) in [6.45, 7) is 5.48. The van der Waals surface area contributed by atoms with Gasteiger partial charge in [0.1, 0.15) is 17.5 Å². The highest BCUT2D eigenvalue weighted by Gasteiger charge is 2.18. The molecule has 4 heterocycles. The van der Waals surface area contributed by atoms with Crippen molar-refractivity contribution in [1.82, 2.24) is 34.9 Å². The van der Waals surface area contributed by atoms with Crippen LogP contribution in [0.2, 0.25) is 0 Å². The van der Waals surface area contributed by atoms with Crippen molar-refractivity contribution in [3.8, 4) is 5.82 Å². The van der Waals surface area contributed by atoms with Crippen LogP contribution in [-0.2, 0) is 13.1 Å². The summed E-state index contributed by atoms with van der Waals surface area (Å²) in [6, 6.07) is 6.09. The van der Waals surface area contributed by atoms with E-state index in [1.807, 2.05) is 46.9 Å². The third-order valence-electron chi connectivity index (χ3n) is 4.28. The fourth-order valence-corrected chi connectivity index (χ4v) is 2.96. The first kappa shape index (κ1) is 14.9. The normalized spacial score (nSPS) is 16.6. The number of imidazole rings is 1. The van der Waals surface area contributed by atoms with Crippen molar-refractivity contribution in [3.63, 3.8) is 0 Å². The summed E-state index contributed by atoms with van der Waals surface area (Å²) >= 11 is 0. The molecule has 1 N–H and O–H groups in total. The zero-order valence-electron chi connectivity index (χ0n) is 13.6. The number of aromatic nitrogens is 5. The minimum atomic E-state index is 0.484. The van der Waals surface area contributed by atoms with Crippen molar-refractivity contribution in [2.45, 2.75) is 20.0 Å². The largest absolute Gasteiger partial charge is 0.312 e. The van der Waals surface area contributed by atoms with Gasteiger partial charge in [0.25, 0.3) is 0 Å². The Morgan fingerprint density at radius 1 is 1.21 bits per heavy atom. The van der Waals surface area contributed by atoms with Crippen LogP contribution < -0.4 is 10.6 Å². The first-order valence-corrected chi connectivity index (χ1v) is 8.15. The Hall–Kier alpha value is -2.67. The summed E-state index contributed by atoms with van der Waals surface area (Å²) in [7, 11) is 0. The van der Waals surface area contributed by atoms with E-state index in [4.69, 9.17) is 0 Å². The number of fused-ring (bicyclic) bond motifs is 1. The van der Waals surface area contributed by atoms with Crippen molar-refractivity contribution in [1.29, 1.82) is 0 Å². The van der Waals surface area contributed by atoms with Gasteiger partial charge in [0.2, 0.25) is 0 Å². The van der Waals surface area contributed by atoms with Gasteiger partial charge in [0, 0.05) is 56.8 Å². The number of rotatable bonds is 5. The van der Waals surface area contributed by atoms with E-state index in [2.05, 4.69) is 31.8 Å². The predicted molar refractivity (Wildman–Crippen MR) is 90.2 cm³/mol. The van der Waals surface area contributed by atoms with Gasteiger partial charge in [-0.05, 0) is 18.6 Å². The zero-order valence-corrected chi connectivity index (χ0v) is 13.6. The highest BCUT2D eigenvalue weighted by Crippen LogP contribution is 2.16. The summed E-state index contributed by atoms with van der Waals surface area (Å²) in [5.74, 6) is 3.30. The molecule has 24 heavy (non-hydrogen) atoms. The van der Waals surface area contributed by atoms with E-state index in [0.29, 0.717) is 5.92 Å². The third kappa shape index (κ3) is 3.03. The van der Waals surface area contributed by atoms with Crippen LogP contribution >= 0.6 is 0 Å². The Balaban J connectivity index is 1.30. The van der Waals surface area contributed by atoms with Gasteiger partial charge in [-0.2, -0.15) is 5.10 Å². The molecular weight excluding hydrogens is 302 g/mol. The number of nitrogens with one attached hydrogen (secondary N) is 1. The second-order valence-corrected chi connectivity index (χ2v) is 6.08. The second kappa shape index (κ2) is 6.45. The highest BCUT2D eigenvalue weighted by molar-refractivity contribution is 5.27. The van der Waals surface area contributed by atoms with Crippen molar-refractivity contribution < 1.29 is 0 Å². The lowest BCUT2D eigenvalue weighted by molar-refractivity contribution is 0.352. The van der Waals surface area contributed by atoms with E-state index in [1.54, 1.807) is 6.20 Å². The smallest absolute Gasteiger partial charge is 0.145 e. The van der Waals surface area contributed by atoms with Crippen molar-refractivity contribution in [3.05, 3.63) is 54.4 Å².